The van der Waals surface area contributed by atoms with E-state index in [0.29, 0.717) is 24.4 Å². The Morgan fingerprint density at radius 3 is 2.46 bits per heavy atom. The fourth-order valence-corrected chi connectivity index (χ4v) is 5.66. The summed E-state index contributed by atoms with van der Waals surface area (Å²) in [5.74, 6) is -0.164. The summed E-state index contributed by atoms with van der Waals surface area (Å²) in [7, 11) is 0. The lowest BCUT2D eigenvalue weighted by atomic mass is 9.99. The van der Waals surface area contributed by atoms with Gasteiger partial charge in [-0.15, -0.1) is 11.3 Å². The number of thiazole rings is 1. The van der Waals surface area contributed by atoms with Crippen LogP contribution < -0.4 is 16.0 Å². The summed E-state index contributed by atoms with van der Waals surface area (Å²) in [5.41, 5.74) is 5.00. The number of benzene rings is 2. The van der Waals surface area contributed by atoms with Crippen molar-refractivity contribution in [2.24, 2.45) is 0 Å². The summed E-state index contributed by atoms with van der Waals surface area (Å²) in [5, 5.41) is 23.2. The number of nitrogens with one attached hydrogen (secondary N) is 3. The number of amides is 2. The van der Waals surface area contributed by atoms with Crippen molar-refractivity contribution < 1.29 is 19.1 Å². The molecule has 238 valence electrons. The molecule has 0 spiro atoms. The number of oxazole rings is 1. The van der Waals surface area contributed by atoms with E-state index < -0.39 is 18.1 Å². The summed E-state index contributed by atoms with van der Waals surface area (Å²) in [4.78, 5) is 39.9. The maximum Gasteiger partial charge on any atom is 0.251 e. The van der Waals surface area contributed by atoms with Crippen molar-refractivity contribution in [1.29, 1.82) is 0 Å². The van der Waals surface area contributed by atoms with Gasteiger partial charge in [0.05, 0.1) is 24.9 Å². The number of aliphatic hydroxyl groups excluding tert-OH is 1. The smallest absolute Gasteiger partial charge is 0.251 e. The topological polar surface area (TPSA) is 142 Å². The van der Waals surface area contributed by atoms with Crippen LogP contribution in [0, 0.1) is 6.92 Å². The zero-order valence-corrected chi connectivity index (χ0v) is 26.9. The molecule has 3 heterocycles. The lowest BCUT2D eigenvalue weighted by molar-refractivity contribution is 0.0830. The van der Waals surface area contributed by atoms with Gasteiger partial charge in [-0.3, -0.25) is 14.6 Å². The summed E-state index contributed by atoms with van der Waals surface area (Å²) >= 11 is 1.46. The van der Waals surface area contributed by atoms with Gasteiger partial charge in [0.15, 0.2) is 0 Å². The number of carbonyl (C=O) groups excluding carboxylic acids is 2. The summed E-state index contributed by atoms with van der Waals surface area (Å²) in [6.07, 6.45) is 6.09. The number of aliphatic hydroxyl groups is 1. The van der Waals surface area contributed by atoms with Gasteiger partial charge in [0.25, 0.3) is 11.8 Å². The van der Waals surface area contributed by atoms with Crippen molar-refractivity contribution in [2.75, 3.05) is 6.54 Å². The van der Waals surface area contributed by atoms with E-state index in [1.165, 1.54) is 29.9 Å². The maximum atomic E-state index is 13.8. The van der Waals surface area contributed by atoms with Crippen molar-refractivity contribution in [1.82, 2.24) is 30.9 Å². The zero-order valence-electron chi connectivity index (χ0n) is 26.1. The van der Waals surface area contributed by atoms with Crippen LogP contribution in [-0.4, -0.2) is 50.6 Å². The molecule has 11 heteroatoms. The van der Waals surface area contributed by atoms with Crippen LogP contribution in [0.15, 0.2) is 89.2 Å². The SMILES string of the molecule is Cc1csc(CNC(=O)c2cc(C(=O)N[C@@H](Cc3ccccc3)[C@H](O)CNCc3cncc(C(C)C)c3)cc(-c3ncco3)c2)n1. The average molecular weight is 639 g/mol. The molecule has 10 nitrogen and oxygen atoms in total. The largest absolute Gasteiger partial charge is 0.445 e. The number of aryl methyl sites for hydroxylation is 1. The van der Waals surface area contributed by atoms with Crippen molar-refractivity contribution in [3.05, 3.63) is 123 Å². The molecule has 5 rings (SSSR count). The van der Waals surface area contributed by atoms with Gasteiger partial charge in [-0.05, 0) is 54.2 Å². The second kappa shape index (κ2) is 15.5. The minimum atomic E-state index is -0.912. The van der Waals surface area contributed by atoms with Crippen molar-refractivity contribution in [3.8, 4) is 11.5 Å². The summed E-state index contributed by atoms with van der Waals surface area (Å²) in [6, 6.07) is 15.9. The molecule has 0 aliphatic carbocycles. The quantitative estimate of drug-likeness (QED) is 0.132. The molecule has 3 aromatic heterocycles. The number of hydrogen-bond donors (Lipinski definition) is 4. The molecule has 2 atom stereocenters. The second-order valence-electron chi connectivity index (χ2n) is 11.5. The molecule has 2 amide bonds. The van der Waals surface area contributed by atoms with E-state index in [9.17, 15) is 14.7 Å². The second-order valence-corrected chi connectivity index (χ2v) is 12.4. The molecule has 0 unspecified atom stereocenters. The molecule has 0 radical (unpaired) electrons. The van der Waals surface area contributed by atoms with E-state index in [0.717, 1.165) is 27.4 Å². The third-order valence-corrected chi connectivity index (χ3v) is 8.41. The third kappa shape index (κ3) is 8.94. The van der Waals surface area contributed by atoms with Gasteiger partial charge in [0.1, 0.15) is 11.3 Å². The lowest BCUT2D eigenvalue weighted by Gasteiger charge is -2.25. The van der Waals surface area contributed by atoms with Crippen LogP contribution in [0.25, 0.3) is 11.5 Å². The molecule has 0 fully saturated rings. The monoisotopic (exact) mass is 638 g/mol. The fourth-order valence-electron chi connectivity index (χ4n) is 4.95. The van der Waals surface area contributed by atoms with Gasteiger partial charge >= 0.3 is 0 Å². The fraction of sp³-hybridized carbons (Fsp3) is 0.286. The highest BCUT2D eigenvalue weighted by molar-refractivity contribution is 7.09. The molecule has 46 heavy (non-hydrogen) atoms. The molecule has 0 aliphatic heterocycles. The molecular formula is C35H38N6O4S. The Kier molecular flexibility index (Phi) is 11.0. The highest BCUT2D eigenvalue weighted by Crippen LogP contribution is 2.22. The van der Waals surface area contributed by atoms with Crippen LogP contribution in [0.3, 0.4) is 0 Å². The van der Waals surface area contributed by atoms with Crippen LogP contribution in [0.4, 0.5) is 0 Å². The van der Waals surface area contributed by atoms with Crippen LogP contribution in [-0.2, 0) is 19.5 Å². The van der Waals surface area contributed by atoms with Crippen LogP contribution in [0.1, 0.15) is 67.9 Å². The molecule has 2 aromatic carbocycles. The Bertz CT molecular complexity index is 1740. The highest BCUT2D eigenvalue weighted by atomic mass is 32.1. The molecule has 0 saturated heterocycles. The predicted octanol–water partition coefficient (Wildman–Crippen LogP) is 5.05. The highest BCUT2D eigenvalue weighted by Gasteiger charge is 2.24. The Balaban J connectivity index is 1.33. The van der Waals surface area contributed by atoms with Gasteiger partial charge < -0.3 is 25.5 Å². The van der Waals surface area contributed by atoms with E-state index in [-0.39, 0.29) is 36.0 Å². The van der Waals surface area contributed by atoms with E-state index >= 15 is 0 Å². The standard InChI is InChI=1S/C35H38N6O4S/c1-22(2)29-11-25(16-36-18-29)17-37-19-31(42)30(12-24-7-5-4-6-8-24)41-34(44)27-13-26(14-28(15-27)35-38-9-10-45-35)33(43)39-20-32-40-23(3)21-46-32/h4-11,13-16,18,21-22,30-31,37,42H,12,17,19-20H2,1-3H3,(H,39,43)(H,41,44)/t30-,31+/m0/s1. The Labute approximate surface area is 272 Å². The third-order valence-electron chi connectivity index (χ3n) is 7.45. The van der Waals surface area contributed by atoms with Gasteiger partial charge in [0, 0.05) is 53.2 Å². The van der Waals surface area contributed by atoms with Gasteiger partial charge in [0.2, 0.25) is 5.89 Å². The van der Waals surface area contributed by atoms with Crippen molar-refractivity contribution in [2.45, 2.75) is 58.3 Å². The zero-order chi connectivity index (χ0) is 32.5. The predicted molar refractivity (Wildman–Crippen MR) is 177 cm³/mol. The molecular weight excluding hydrogens is 600 g/mol. The first-order valence-electron chi connectivity index (χ1n) is 15.2. The van der Waals surface area contributed by atoms with Crippen molar-refractivity contribution >= 4 is 23.2 Å². The Hall–Kier alpha value is -4.71. The molecule has 0 bridgehead atoms. The number of carbonyl (C=O) groups is 2. The van der Waals surface area contributed by atoms with E-state index in [4.69, 9.17) is 4.42 Å². The lowest BCUT2D eigenvalue weighted by Crippen LogP contribution is -2.48. The number of hydrogen-bond acceptors (Lipinski definition) is 9. The van der Waals surface area contributed by atoms with Crippen LogP contribution in [0.5, 0.6) is 0 Å². The first-order chi connectivity index (χ1) is 22.2. The number of pyridine rings is 1. The Morgan fingerprint density at radius 1 is 0.978 bits per heavy atom. The van der Waals surface area contributed by atoms with Crippen molar-refractivity contribution in [3.63, 3.8) is 0 Å². The normalized spacial score (nSPS) is 12.5. The molecule has 0 saturated carbocycles. The number of rotatable bonds is 14. The summed E-state index contributed by atoms with van der Waals surface area (Å²) < 4.78 is 5.48. The molecule has 4 N–H and O–H groups in total. The van der Waals surface area contributed by atoms with E-state index in [2.05, 4.69) is 50.8 Å². The maximum absolute atomic E-state index is 13.8. The first kappa shape index (κ1) is 32.7. The van der Waals surface area contributed by atoms with Gasteiger partial charge in [-0.1, -0.05) is 50.2 Å². The van der Waals surface area contributed by atoms with Gasteiger partial charge in [-0.25, -0.2) is 9.97 Å². The molecule has 5 aromatic rings. The van der Waals surface area contributed by atoms with Crippen LogP contribution in [0.2, 0.25) is 0 Å². The van der Waals surface area contributed by atoms with Crippen LogP contribution >= 0.6 is 11.3 Å². The van der Waals surface area contributed by atoms with E-state index in [1.54, 1.807) is 18.3 Å². The summed E-state index contributed by atoms with van der Waals surface area (Å²) in [6.45, 7) is 7.16. The first-order valence-corrected chi connectivity index (χ1v) is 16.0. The van der Waals surface area contributed by atoms with Gasteiger partial charge in [-0.2, -0.15) is 0 Å². The Morgan fingerprint density at radius 2 is 1.76 bits per heavy atom. The number of nitrogens with zero attached hydrogens (tertiary/aromatic N) is 3. The number of aromatic nitrogens is 3. The minimum Gasteiger partial charge on any atom is -0.445 e. The molecule has 0 aliphatic rings. The van der Waals surface area contributed by atoms with E-state index in [1.807, 2.05) is 48.8 Å². The average Bonchev–Trinajstić information content (AvgIpc) is 3.76. The minimum absolute atomic E-state index is 0.237.